The van der Waals surface area contributed by atoms with Crippen LogP contribution in [0.2, 0.25) is 0 Å². The van der Waals surface area contributed by atoms with E-state index in [0.717, 1.165) is 49.4 Å². The van der Waals surface area contributed by atoms with E-state index in [2.05, 4.69) is 17.1 Å². The Morgan fingerprint density at radius 1 is 1.04 bits per heavy atom. The minimum absolute atomic E-state index is 0.0687. The Labute approximate surface area is 160 Å². The van der Waals surface area contributed by atoms with Crippen LogP contribution in [0.1, 0.15) is 37.8 Å². The fourth-order valence-corrected chi connectivity index (χ4v) is 4.35. The van der Waals surface area contributed by atoms with E-state index in [1.807, 2.05) is 35.2 Å². The Balaban J connectivity index is 1.59. The SMILES string of the molecule is CCCN1C(=O)NC(c2ccccc2)C2=C1CN(CCN1CCCC1)C2=O. The maximum atomic E-state index is 13.3. The molecule has 6 heteroatoms. The largest absolute Gasteiger partial charge is 0.332 e. The van der Waals surface area contributed by atoms with Crippen LogP contribution in [-0.4, -0.2) is 65.9 Å². The molecule has 3 aliphatic rings. The number of carbonyl (C=O) groups is 2. The minimum Gasteiger partial charge on any atom is -0.332 e. The number of rotatable bonds is 6. The first kappa shape index (κ1) is 18.0. The van der Waals surface area contributed by atoms with E-state index in [-0.39, 0.29) is 18.0 Å². The van der Waals surface area contributed by atoms with Crippen LogP contribution in [0.3, 0.4) is 0 Å². The third-order valence-corrected chi connectivity index (χ3v) is 5.76. The molecule has 3 heterocycles. The average Bonchev–Trinajstić information content (AvgIpc) is 3.31. The van der Waals surface area contributed by atoms with E-state index in [0.29, 0.717) is 13.1 Å². The fourth-order valence-electron chi connectivity index (χ4n) is 4.35. The number of nitrogens with one attached hydrogen (secondary N) is 1. The molecule has 4 rings (SSSR count). The summed E-state index contributed by atoms with van der Waals surface area (Å²) in [5.74, 6) is 0.0687. The second-order valence-electron chi connectivity index (χ2n) is 7.58. The summed E-state index contributed by atoms with van der Waals surface area (Å²) in [5, 5.41) is 3.06. The number of carbonyl (C=O) groups excluding carboxylic acids is 2. The van der Waals surface area contributed by atoms with Gasteiger partial charge in [0.2, 0.25) is 0 Å². The Kier molecular flexibility index (Phi) is 5.16. The lowest BCUT2D eigenvalue weighted by Gasteiger charge is -2.33. The van der Waals surface area contributed by atoms with E-state index >= 15 is 0 Å². The maximum Gasteiger partial charge on any atom is 0.322 e. The van der Waals surface area contributed by atoms with Gasteiger partial charge in [-0.25, -0.2) is 4.79 Å². The van der Waals surface area contributed by atoms with Crippen molar-refractivity contribution in [2.45, 2.75) is 32.2 Å². The van der Waals surface area contributed by atoms with Gasteiger partial charge >= 0.3 is 6.03 Å². The van der Waals surface area contributed by atoms with Gasteiger partial charge in [-0.15, -0.1) is 0 Å². The highest BCUT2D eigenvalue weighted by molar-refractivity contribution is 6.01. The van der Waals surface area contributed by atoms with Crippen LogP contribution in [0, 0.1) is 0 Å². The number of amides is 3. The van der Waals surface area contributed by atoms with E-state index < -0.39 is 0 Å². The first-order chi connectivity index (χ1) is 13.2. The predicted molar refractivity (Wildman–Crippen MR) is 104 cm³/mol. The molecule has 1 aromatic carbocycles. The summed E-state index contributed by atoms with van der Waals surface area (Å²) in [6.07, 6.45) is 3.37. The molecule has 1 atom stereocenters. The second-order valence-corrected chi connectivity index (χ2v) is 7.58. The first-order valence-corrected chi connectivity index (χ1v) is 10.1. The number of nitrogens with zero attached hydrogens (tertiary/aromatic N) is 3. The van der Waals surface area contributed by atoms with E-state index in [9.17, 15) is 9.59 Å². The van der Waals surface area contributed by atoms with E-state index in [1.54, 1.807) is 4.90 Å². The average molecular weight is 368 g/mol. The number of likely N-dealkylation sites (tertiary alicyclic amines) is 1. The molecule has 144 valence electrons. The molecule has 0 bridgehead atoms. The van der Waals surface area contributed by atoms with Gasteiger partial charge in [-0.1, -0.05) is 37.3 Å². The third kappa shape index (κ3) is 3.46. The number of hydrogen-bond acceptors (Lipinski definition) is 3. The van der Waals surface area contributed by atoms with Crippen LogP contribution in [0.25, 0.3) is 0 Å². The molecule has 3 aliphatic heterocycles. The van der Waals surface area contributed by atoms with Crippen molar-refractivity contribution >= 4 is 11.9 Å². The molecule has 0 radical (unpaired) electrons. The zero-order valence-corrected chi connectivity index (χ0v) is 16.0. The number of urea groups is 1. The van der Waals surface area contributed by atoms with Crippen LogP contribution in [-0.2, 0) is 4.79 Å². The number of benzene rings is 1. The molecule has 1 aromatic rings. The molecule has 0 aliphatic carbocycles. The van der Waals surface area contributed by atoms with Crippen molar-refractivity contribution in [2.24, 2.45) is 0 Å². The van der Waals surface area contributed by atoms with Gasteiger partial charge in [0.25, 0.3) is 5.91 Å². The van der Waals surface area contributed by atoms with Crippen LogP contribution < -0.4 is 5.32 Å². The van der Waals surface area contributed by atoms with Crippen LogP contribution >= 0.6 is 0 Å². The Bertz CT molecular complexity index is 740. The van der Waals surface area contributed by atoms with Gasteiger partial charge in [-0.05, 0) is 37.9 Å². The summed E-state index contributed by atoms with van der Waals surface area (Å²) in [6.45, 7) is 7.13. The van der Waals surface area contributed by atoms with E-state index in [4.69, 9.17) is 0 Å². The normalized spacial score (nSPS) is 23.2. The topological polar surface area (TPSA) is 55.9 Å². The van der Waals surface area contributed by atoms with E-state index in [1.165, 1.54) is 12.8 Å². The first-order valence-electron chi connectivity index (χ1n) is 10.1. The molecular weight excluding hydrogens is 340 g/mol. The lowest BCUT2D eigenvalue weighted by atomic mass is 9.95. The van der Waals surface area contributed by atoms with Gasteiger partial charge < -0.3 is 15.1 Å². The van der Waals surface area contributed by atoms with Crippen molar-refractivity contribution in [3.63, 3.8) is 0 Å². The van der Waals surface area contributed by atoms with Gasteiger partial charge in [-0.2, -0.15) is 0 Å². The highest BCUT2D eigenvalue weighted by Gasteiger charge is 2.43. The van der Waals surface area contributed by atoms with Crippen molar-refractivity contribution in [1.82, 2.24) is 20.0 Å². The molecule has 6 nitrogen and oxygen atoms in total. The number of hydrogen-bond donors (Lipinski definition) is 1. The lowest BCUT2D eigenvalue weighted by molar-refractivity contribution is -0.126. The van der Waals surface area contributed by atoms with Crippen molar-refractivity contribution in [1.29, 1.82) is 0 Å². The van der Waals surface area contributed by atoms with Crippen LogP contribution in [0.15, 0.2) is 41.6 Å². The lowest BCUT2D eigenvalue weighted by Crippen LogP contribution is -2.47. The molecular formula is C21H28N4O2. The smallest absolute Gasteiger partial charge is 0.322 e. The zero-order chi connectivity index (χ0) is 18.8. The zero-order valence-electron chi connectivity index (χ0n) is 16.0. The second kappa shape index (κ2) is 7.72. The van der Waals surface area contributed by atoms with Crippen LogP contribution in [0.5, 0.6) is 0 Å². The predicted octanol–water partition coefficient (Wildman–Crippen LogP) is 2.36. The Hall–Kier alpha value is -2.34. The van der Waals surface area contributed by atoms with Crippen molar-refractivity contribution in [3.05, 3.63) is 47.2 Å². The molecule has 1 N–H and O–H groups in total. The minimum atomic E-state index is -0.355. The summed E-state index contributed by atoms with van der Waals surface area (Å²) in [5.41, 5.74) is 2.60. The summed E-state index contributed by atoms with van der Waals surface area (Å²) in [6, 6.07) is 9.35. The highest BCUT2D eigenvalue weighted by Crippen LogP contribution is 2.36. The Morgan fingerprint density at radius 3 is 2.48 bits per heavy atom. The Morgan fingerprint density at radius 2 is 1.78 bits per heavy atom. The van der Waals surface area contributed by atoms with Gasteiger partial charge in [0, 0.05) is 19.6 Å². The summed E-state index contributed by atoms with van der Waals surface area (Å²) < 4.78 is 0. The maximum absolute atomic E-state index is 13.3. The van der Waals surface area contributed by atoms with Gasteiger partial charge in [0.15, 0.2) is 0 Å². The highest BCUT2D eigenvalue weighted by atomic mass is 16.2. The molecule has 0 aromatic heterocycles. The summed E-state index contributed by atoms with van der Waals surface area (Å²) in [7, 11) is 0. The van der Waals surface area contributed by atoms with Crippen LogP contribution in [0.4, 0.5) is 4.79 Å². The third-order valence-electron chi connectivity index (χ3n) is 5.76. The van der Waals surface area contributed by atoms with Gasteiger partial charge in [0.1, 0.15) is 0 Å². The monoisotopic (exact) mass is 368 g/mol. The molecule has 27 heavy (non-hydrogen) atoms. The summed E-state index contributed by atoms with van der Waals surface area (Å²) in [4.78, 5) is 32.1. The van der Waals surface area contributed by atoms with Gasteiger partial charge in [-0.3, -0.25) is 9.69 Å². The van der Waals surface area contributed by atoms with Crippen molar-refractivity contribution in [3.8, 4) is 0 Å². The molecule has 1 unspecified atom stereocenters. The molecule has 1 fully saturated rings. The van der Waals surface area contributed by atoms with Crippen molar-refractivity contribution < 1.29 is 9.59 Å². The van der Waals surface area contributed by atoms with Crippen molar-refractivity contribution in [2.75, 3.05) is 39.3 Å². The van der Waals surface area contributed by atoms with Gasteiger partial charge in [0.05, 0.1) is 23.9 Å². The molecule has 0 spiro atoms. The molecule has 1 saturated heterocycles. The summed E-state index contributed by atoms with van der Waals surface area (Å²) >= 11 is 0. The fraction of sp³-hybridized carbons (Fsp3) is 0.524. The standard InChI is InChI=1S/C21H28N4O2/c1-2-10-25-17-15-24(14-13-23-11-6-7-12-23)20(26)18(17)19(22-21(25)27)16-8-4-3-5-9-16/h3-5,8-9,19H,2,6-7,10-15H2,1H3,(H,22,27). The molecule has 0 saturated carbocycles. The molecule has 3 amide bonds. The quantitative estimate of drug-likeness (QED) is 0.839.